The molecule has 1 rings (SSSR count). The average Bonchev–Trinajstić information content (AvgIpc) is 2.74. The highest BCUT2D eigenvalue weighted by Crippen LogP contribution is 2.15. The number of ether oxygens (including phenoxy) is 2. The van der Waals surface area contributed by atoms with Crippen LogP contribution in [0.2, 0.25) is 0 Å². The number of amides is 4. The van der Waals surface area contributed by atoms with Gasteiger partial charge in [0.2, 0.25) is 17.7 Å². The van der Waals surface area contributed by atoms with Crippen LogP contribution in [0.15, 0.2) is 24.3 Å². The number of carbonyl (C=O) groups excluding carboxylic acids is 5. The Labute approximate surface area is 211 Å². The van der Waals surface area contributed by atoms with E-state index in [0.29, 0.717) is 11.3 Å². The Morgan fingerprint density at radius 2 is 1.33 bits per heavy atom. The number of nitrogens with two attached hydrogens (primary N) is 1. The van der Waals surface area contributed by atoms with Gasteiger partial charge < -0.3 is 36.5 Å². The zero-order chi connectivity index (χ0) is 27.5. The highest BCUT2D eigenvalue weighted by molar-refractivity contribution is 5.95. The number of hydrogen-bond donors (Lipinski definition) is 5. The van der Waals surface area contributed by atoms with Crippen molar-refractivity contribution in [2.24, 2.45) is 5.73 Å². The Morgan fingerprint density at radius 3 is 1.86 bits per heavy atom. The Balaban J connectivity index is 2.73. The first kappa shape index (κ1) is 30.4. The van der Waals surface area contributed by atoms with E-state index < -0.39 is 47.0 Å². The molecule has 0 aromatic heterocycles. The third-order valence-electron chi connectivity index (χ3n) is 4.14. The van der Waals surface area contributed by atoms with E-state index in [9.17, 15) is 24.0 Å². The number of hydrogen-bond acceptors (Lipinski definition) is 8. The molecule has 0 unspecified atom stereocenters. The Morgan fingerprint density at radius 1 is 0.806 bits per heavy atom. The van der Waals surface area contributed by atoms with Crippen molar-refractivity contribution in [3.8, 4) is 0 Å². The molecular weight excluding hydrogens is 470 g/mol. The highest BCUT2D eigenvalue weighted by atomic mass is 16.6. The van der Waals surface area contributed by atoms with E-state index in [1.54, 1.807) is 65.8 Å². The summed E-state index contributed by atoms with van der Waals surface area (Å²) in [6, 6.07) is 5.62. The maximum absolute atomic E-state index is 12.7. The lowest BCUT2D eigenvalue weighted by molar-refractivity contribution is -0.157. The zero-order valence-electron chi connectivity index (χ0n) is 21.7. The second-order valence-electron chi connectivity index (χ2n) is 9.94. The van der Waals surface area contributed by atoms with Gasteiger partial charge in [0.25, 0.3) is 0 Å². The summed E-state index contributed by atoms with van der Waals surface area (Å²) in [6.07, 6.45) is -0.612. The Hall–Kier alpha value is -3.67. The number of nitrogens with one attached hydrogen (secondary N) is 4. The zero-order valence-corrected chi connectivity index (χ0v) is 21.7. The maximum Gasteiger partial charge on any atom is 0.408 e. The first-order valence-electron chi connectivity index (χ1n) is 11.4. The van der Waals surface area contributed by atoms with Crippen molar-refractivity contribution in [1.29, 1.82) is 0 Å². The summed E-state index contributed by atoms with van der Waals surface area (Å²) >= 11 is 0. The molecule has 0 heterocycles. The van der Waals surface area contributed by atoms with E-state index >= 15 is 0 Å². The number of rotatable bonds is 10. The molecule has 1 atom stereocenters. The molecular formula is C24H37N5O7. The molecule has 200 valence electrons. The molecule has 12 nitrogen and oxygen atoms in total. The van der Waals surface area contributed by atoms with Gasteiger partial charge in [-0.1, -0.05) is 12.1 Å². The van der Waals surface area contributed by atoms with Gasteiger partial charge in [-0.15, -0.1) is 0 Å². The van der Waals surface area contributed by atoms with Crippen molar-refractivity contribution in [3.63, 3.8) is 0 Å². The standard InChI is InChI=1S/C24H37N5O7/c1-23(2,3)35-21(33)17(29-22(34)36-24(4,5)6)11-15-7-9-16(10-8-15)28-20(32)14-27-19(31)13-26-18(30)12-25/h7-10,17H,11-14,25H2,1-6H3,(H,26,30)(H,27,31)(H,28,32)(H,29,34)/t17-/m0/s1. The van der Waals surface area contributed by atoms with E-state index in [0.717, 1.165) is 0 Å². The van der Waals surface area contributed by atoms with Crippen molar-refractivity contribution in [3.05, 3.63) is 29.8 Å². The SMILES string of the molecule is CC(C)(C)OC(=O)N[C@@H](Cc1ccc(NC(=O)CNC(=O)CNC(=O)CN)cc1)C(=O)OC(C)(C)C. The lowest BCUT2D eigenvalue weighted by atomic mass is 10.0. The summed E-state index contributed by atoms with van der Waals surface area (Å²) in [5, 5.41) is 9.85. The van der Waals surface area contributed by atoms with Crippen molar-refractivity contribution in [2.45, 2.75) is 65.2 Å². The van der Waals surface area contributed by atoms with Crippen LogP contribution in [-0.2, 0) is 35.1 Å². The average molecular weight is 508 g/mol. The molecule has 0 saturated carbocycles. The maximum atomic E-state index is 12.7. The third-order valence-corrected chi connectivity index (χ3v) is 4.14. The van der Waals surface area contributed by atoms with E-state index in [-0.39, 0.29) is 26.1 Å². The van der Waals surface area contributed by atoms with E-state index in [4.69, 9.17) is 15.2 Å². The quantitative estimate of drug-likeness (QED) is 0.286. The van der Waals surface area contributed by atoms with Crippen molar-refractivity contribution in [1.82, 2.24) is 16.0 Å². The van der Waals surface area contributed by atoms with Gasteiger partial charge in [0, 0.05) is 12.1 Å². The number of anilines is 1. The van der Waals surface area contributed by atoms with Gasteiger partial charge >= 0.3 is 12.1 Å². The molecule has 6 N–H and O–H groups in total. The summed E-state index contributed by atoms with van der Waals surface area (Å²) in [5.74, 6) is -2.10. The first-order chi connectivity index (χ1) is 16.6. The van der Waals surface area contributed by atoms with Crippen LogP contribution in [0, 0.1) is 0 Å². The van der Waals surface area contributed by atoms with Crippen molar-refractivity contribution >= 4 is 35.5 Å². The van der Waals surface area contributed by atoms with Crippen LogP contribution in [0.5, 0.6) is 0 Å². The summed E-state index contributed by atoms with van der Waals surface area (Å²) in [4.78, 5) is 59.7. The van der Waals surface area contributed by atoms with E-state index in [2.05, 4.69) is 21.3 Å². The summed E-state index contributed by atoms with van der Waals surface area (Å²) in [7, 11) is 0. The molecule has 0 fully saturated rings. The number of benzene rings is 1. The number of alkyl carbamates (subject to hydrolysis) is 1. The largest absolute Gasteiger partial charge is 0.458 e. The monoisotopic (exact) mass is 507 g/mol. The lowest BCUT2D eigenvalue weighted by Crippen LogP contribution is -2.47. The van der Waals surface area contributed by atoms with Crippen LogP contribution in [0.3, 0.4) is 0 Å². The lowest BCUT2D eigenvalue weighted by Gasteiger charge is -2.26. The molecule has 36 heavy (non-hydrogen) atoms. The fraction of sp³-hybridized carbons (Fsp3) is 0.542. The summed E-state index contributed by atoms with van der Waals surface area (Å²) in [6.45, 7) is 9.52. The second-order valence-corrected chi connectivity index (χ2v) is 9.94. The fourth-order valence-corrected chi connectivity index (χ4v) is 2.67. The molecule has 0 spiro atoms. The highest BCUT2D eigenvalue weighted by Gasteiger charge is 2.29. The number of esters is 1. The molecule has 1 aromatic rings. The van der Waals surface area contributed by atoms with Gasteiger partial charge in [0.1, 0.15) is 17.2 Å². The topological polar surface area (TPSA) is 178 Å². The Kier molecular flexibility index (Phi) is 11.3. The van der Waals surface area contributed by atoms with Crippen LogP contribution < -0.4 is 27.0 Å². The molecule has 1 aromatic carbocycles. The first-order valence-corrected chi connectivity index (χ1v) is 11.4. The molecule has 0 bridgehead atoms. The molecule has 0 aliphatic carbocycles. The minimum Gasteiger partial charge on any atom is -0.458 e. The van der Waals surface area contributed by atoms with E-state index in [1.807, 2.05) is 0 Å². The van der Waals surface area contributed by atoms with E-state index in [1.165, 1.54) is 0 Å². The predicted molar refractivity (Wildman–Crippen MR) is 133 cm³/mol. The summed E-state index contributed by atoms with van der Waals surface area (Å²) < 4.78 is 10.7. The minimum atomic E-state index is -0.991. The second kappa shape index (κ2) is 13.4. The molecule has 0 aliphatic rings. The molecule has 4 amide bonds. The molecule has 0 radical (unpaired) electrons. The van der Waals surface area contributed by atoms with Gasteiger partial charge in [-0.25, -0.2) is 9.59 Å². The smallest absolute Gasteiger partial charge is 0.408 e. The van der Waals surface area contributed by atoms with Gasteiger partial charge in [0.15, 0.2) is 0 Å². The van der Waals surface area contributed by atoms with Crippen LogP contribution in [-0.4, -0.2) is 66.7 Å². The van der Waals surface area contributed by atoms with Crippen LogP contribution in [0.25, 0.3) is 0 Å². The van der Waals surface area contributed by atoms with Crippen LogP contribution in [0.4, 0.5) is 10.5 Å². The summed E-state index contributed by atoms with van der Waals surface area (Å²) in [5.41, 5.74) is 4.81. The van der Waals surface area contributed by atoms with Crippen LogP contribution >= 0.6 is 0 Å². The molecule has 12 heteroatoms. The van der Waals surface area contributed by atoms with Crippen molar-refractivity contribution in [2.75, 3.05) is 25.0 Å². The fourth-order valence-electron chi connectivity index (χ4n) is 2.67. The molecule has 0 saturated heterocycles. The minimum absolute atomic E-state index is 0.132. The number of carbonyl (C=O) groups is 5. The van der Waals surface area contributed by atoms with Crippen LogP contribution in [0.1, 0.15) is 47.1 Å². The van der Waals surface area contributed by atoms with Crippen molar-refractivity contribution < 1.29 is 33.4 Å². The van der Waals surface area contributed by atoms with Gasteiger partial charge in [0.05, 0.1) is 19.6 Å². The predicted octanol–water partition coefficient (Wildman–Crippen LogP) is 0.594. The van der Waals surface area contributed by atoms with Gasteiger partial charge in [-0.05, 0) is 59.2 Å². The normalized spacial score (nSPS) is 12.1. The van der Waals surface area contributed by atoms with Gasteiger partial charge in [-0.2, -0.15) is 0 Å². The Bertz CT molecular complexity index is 934. The van der Waals surface area contributed by atoms with Gasteiger partial charge in [-0.3, -0.25) is 14.4 Å². The third kappa shape index (κ3) is 13.3. The molecule has 0 aliphatic heterocycles.